The van der Waals surface area contributed by atoms with Crippen molar-refractivity contribution in [2.75, 3.05) is 7.11 Å². The fourth-order valence-electron chi connectivity index (χ4n) is 2.18. The molecular weight excluding hydrogens is 320 g/mol. The number of hydrogen-bond donors (Lipinski definition) is 1. The van der Waals surface area contributed by atoms with Crippen molar-refractivity contribution in [3.63, 3.8) is 0 Å². The molecule has 0 bridgehead atoms. The van der Waals surface area contributed by atoms with Crippen molar-refractivity contribution < 1.29 is 9.84 Å². The van der Waals surface area contributed by atoms with Gasteiger partial charge in [0.2, 0.25) is 0 Å². The van der Waals surface area contributed by atoms with Gasteiger partial charge in [0.15, 0.2) is 5.75 Å². The van der Waals surface area contributed by atoms with E-state index in [-0.39, 0.29) is 6.04 Å². The van der Waals surface area contributed by atoms with E-state index in [2.05, 4.69) is 21.0 Å². The first-order valence-electron chi connectivity index (χ1n) is 6.51. The topological polar surface area (TPSA) is 47.3 Å². The van der Waals surface area contributed by atoms with Crippen molar-refractivity contribution in [3.8, 4) is 5.75 Å². The van der Waals surface area contributed by atoms with Gasteiger partial charge < -0.3 is 9.84 Å². The average Bonchev–Trinajstić information content (AvgIpc) is 2.85. The number of hydrogen-bond acceptors (Lipinski definition) is 3. The first kappa shape index (κ1) is 15.1. The van der Waals surface area contributed by atoms with E-state index in [0.717, 1.165) is 15.6 Å². The van der Waals surface area contributed by atoms with Crippen molar-refractivity contribution in [3.05, 3.63) is 45.7 Å². The molecule has 20 heavy (non-hydrogen) atoms. The van der Waals surface area contributed by atoms with E-state index in [1.54, 1.807) is 18.0 Å². The van der Waals surface area contributed by atoms with Crippen LogP contribution in [0.1, 0.15) is 42.8 Å². The number of halogens is 1. The number of aliphatic hydroxyl groups is 1. The molecule has 0 spiro atoms. The fourth-order valence-corrected chi connectivity index (χ4v) is 2.43. The Balaban J connectivity index is 2.49. The lowest BCUT2D eigenvalue weighted by molar-refractivity contribution is 0.199. The Hall–Kier alpha value is -1.33. The third kappa shape index (κ3) is 2.74. The van der Waals surface area contributed by atoms with Crippen LogP contribution in [0.3, 0.4) is 0 Å². The quantitative estimate of drug-likeness (QED) is 0.925. The van der Waals surface area contributed by atoms with E-state index >= 15 is 0 Å². The van der Waals surface area contributed by atoms with Crippen molar-refractivity contribution in [2.45, 2.75) is 32.9 Å². The molecule has 0 radical (unpaired) electrons. The van der Waals surface area contributed by atoms with Gasteiger partial charge in [0.05, 0.1) is 13.3 Å². The molecule has 1 heterocycles. The predicted octanol–water partition coefficient (Wildman–Crippen LogP) is 3.63. The van der Waals surface area contributed by atoms with Gasteiger partial charge in [-0.2, -0.15) is 5.10 Å². The molecule has 1 aromatic heterocycles. The van der Waals surface area contributed by atoms with Gasteiger partial charge in [0.25, 0.3) is 0 Å². The molecule has 108 valence electrons. The molecule has 0 aliphatic rings. The summed E-state index contributed by atoms with van der Waals surface area (Å²) < 4.78 is 8.14. The van der Waals surface area contributed by atoms with Crippen molar-refractivity contribution in [1.29, 1.82) is 0 Å². The third-order valence-electron chi connectivity index (χ3n) is 3.26. The normalized spacial score (nSPS) is 12.8. The Morgan fingerprint density at radius 2 is 2.05 bits per heavy atom. The monoisotopic (exact) mass is 338 g/mol. The van der Waals surface area contributed by atoms with Crippen LogP contribution < -0.4 is 4.74 Å². The van der Waals surface area contributed by atoms with Crippen LogP contribution in [0.2, 0.25) is 0 Å². The standard InChI is InChI=1S/C15H19BrN2O2/c1-9(2)18-14(13(20-4)8-17-18)15(19)11-5-6-12(16)10(3)7-11/h5-9,15,19H,1-4H3. The van der Waals surface area contributed by atoms with Gasteiger partial charge in [0, 0.05) is 10.5 Å². The van der Waals surface area contributed by atoms with Crippen LogP contribution in [-0.2, 0) is 0 Å². The Kier molecular flexibility index (Phi) is 4.50. The Morgan fingerprint density at radius 1 is 1.35 bits per heavy atom. The van der Waals surface area contributed by atoms with E-state index in [0.29, 0.717) is 11.4 Å². The molecule has 0 saturated carbocycles. The highest BCUT2D eigenvalue weighted by molar-refractivity contribution is 9.10. The van der Waals surface area contributed by atoms with E-state index < -0.39 is 6.10 Å². The van der Waals surface area contributed by atoms with Crippen LogP contribution in [0.25, 0.3) is 0 Å². The van der Waals surface area contributed by atoms with Gasteiger partial charge in [0.1, 0.15) is 11.8 Å². The molecule has 5 heteroatoms. The fraction of sp³-hybridized carbons (Fsp3) is 0.400. The van der Waals surface area contributed by atoms with Crippen LogP contribution >= 0.6 is 15.9 Å². The number of aryl methyl sites for hydroxylation is 1. The maximum absolute atomic E-state index is 10.7. The largest absolute Gasteiger partial charge is 0.493 e. The van der Waals surface area contributed by atoms with E-state index in [4.69, 9.17) is 4.74 Å². The molecule has 2 rings (SSSR count). The van der Waals surface area contributed by atoms with Gasteiger partial charge in [-0.3, -0.25) is 4.68 Å². The maximum atomic E-state index is 10.7. The lowest BCUT2D eigenvalue weighted by Gasteiger charge is -2.18. The molecular formula is C15H19BrN2O2. The highest BCUT2D eigenvalue weighted by atomic mass is 79.9. The molecule has 0 saturated heterocycles. The summed E-state index contributed by atoms with van der Waals surface area (Å²) in [4.78, 5) is 0. The van der Waals surface area contributed by atoms with E-state index in [9.17, 15) is 5.11 Å². The van der Waals surface area contributed by atoms with Crippen LogP contribution in [0.4, 0.5) is 0 Å². The van der Waals surface area contributed by atoms with Gasteiger partial charge in [-0.25, -0.2) is 0 Å². The average molecular weight is 339 g/mol. The van der Waals surface area contributed by atoms with Gasteiger partial charge >= 0.3 is 0 Å². The summed E-state index contributed by atoms with van der Waals surface area (Å²) >= 11 is 3.47. The summed E-state index contributed by atoms with van der Waals surface area (Å²) in [6.45, 7) is 6.04. The number of aliphatic hydroxyl groups excluding tert-OH is 1. The Labute approximate surface area is 127 Å². The summed E-state index contributed by atoms with van der Waals surface area (Å²) in [6, 6.07) is 5.96. The predicted molar refractivity (Wildman–Crippen MR) is 82.1 cm³/mol. The molecule has 2 aromatic rings. The van der Waals surface area contributed by atoms with Crippen LogP contribution in [0.15, 0.2) is 28.9 Å². The highest BCUT2D eigenvalue weighted by Gasteiger charge is 2.23. The smallest absolute Gasteiger partial charge is 0.163 e. The second-order valence-electron chi connectivity index (χ2n) is 5.05. The van der Waals surface area contributed by atoms with Crippen LogP contribution in [0.5, 0.6) is 5.75 Å². The van der Waals surface area contributed by atoms with E-state index in [1.807, 2.05) is 39.0 Å². The zero-order chi connectivity index (χ0) is 14.9. The number of ether oxygens (including phenoxy) is 1. The number of rotatable bonds is 4. The van der Waals surface area contributed by atoms with Gasteiger partial charge in [-0.15, -0.1) is 0 Å². The molecule has 0 fully saturated rings. The van der Waals surface area contributed by atoms with E-state index in [1.165, 1.54) is 0 Å². The zero-order valence-electron chi connectivity index (χ0n) is 12.1. The molecule has 1 aromatic carbocycles. The van der Waals surface area contributed by atoms with Crippen molar-refractivity contribution in [1.82, 2.24) is 9.78 Å². The van der Waals surface area contributed by atoms with Gasteiger partial charge in [-0.1, -0.05) is 28.1 Å². The number of aromatic nitrogens is 2. The van der Waals surface area contributed by atoms with Crippen LogP contribution in [-0.4, -0.2) is 22.0 Å². The summed E-state index contributed by atoms with van der Waals surface area (Å²) in [5.74, 6) is 0.603. The first-order chi connectivity index (χ1) is 9.45. The summed E-state index contributed by atoms with van der Waals surface area (Å²) in [6.07, 6.45) is 0.881. The molecule has 1 N–H and O–H groups in total. The summed E-state index contributed by atoms with van der Waals surface area (Å²) in [7, 11) is 1.59. The lowest BCUT2D eigenvalue weighted by Crippen LogP contribution is -2.13. The Bertz CT molecular complexity index is 608. The molecule has 1 atom stereocenters. The highest BCUT2D eigenvalue weighted by Crippen LogP contribution is 2.33. The molecule has 1 unspecified atom stereocenters. The molecule has 0 amide bonds. The molecule has 0 aliphatic heterocycles. The minimum atomic E-state index is -0.762. The zero-order valence-corrected chi connectivity index (χ0v) is 13.7. The van der Waals surface area contributed by atoms with Crippen LogP contribution in [0, 0.1) is 6.92 Å². The van der Waals surface area contributed by atoms with Gasteiger partial charge in [-0.05, 0) is 38.0 Å². The maximum Gasteiger partial charge on any atom is 0.163 e. The Morgan fingerprint density at radius 3 is 2.60 bits per heavy atom. The lowest BCUT2D eigenvalue weighted by atomic mass is 10.0. The third-order valence-corrected chi connectivity index (χ3v) is 4.15. The second-order valence-corrected chi connectivity index (χ2v) is 5.90. The summed E-state index contributed by atoms with van der Waals surface area (Å²) in [5, 5.41) is 15.0. The molecule has 0 aliphatic carbocycles. The minimum Gasteiger partial charge on any atom is -0.493 e. The second kappa shape index (κ2) is 5.97. The first-order valence-corrected chi connectivity index (χ1v) is 7.30. The number of nitrogens with zero attached hydrogens (tertiary/aromatic N) is 2. The minimum absolute atomic E-state index is 0.153. The number of benzene rings is 1. The summed E-state index contributed by atoms with van der Waals surface area (Å²) in [5.41, 5.74) is 2.59. The SMILES string of the molecule is COc1cnn(C(C)C)c1C(O)c1ccc(Br)c(C)c1. The van der Waals surface area contributed by atoms with Crippen molar-refractivity contribution >= 4 is 15.9 Å². The number of methoxy groups -OCH3 is 1. The van der Waals surface area contributed by atoms with Crippen molar-refractivity contribution in [2.24, 2.45) is 0 Å². The molecule has 4 nitrogen and oxygen atoms in total.